The summed E-state index contributed by atoms with van der Waals surface area (Å²) >= 11 is 5.21. The summed E-state index contributed by atoms with van der Waals surface area (Å²) in [7, 11) is 0. The second-order valence-corrected chi connectivity index (χ2v) is 7.54. The predicted molar refractivity (Wildman–Crippen MR) is 89.3 cm³/mol. The lowest BCUT2D eigenvalue weighted by atomic mass is 10.1. The van der Waals surface area contributed by atoms with Gasteiger partial charge in [0.15, 0.2) is 0 Å². The largest absolute Gasteiger partial charge is 0.310 e. The van der Waals surface area contributed by atoms with Gasteiger partial charge in [0.1, 0.15) is 0 Å². The molecule has 21 heavy (non-hydrogen) atoms. The zero-order valence-electron chi connectivity index (χ0n) is 12.5. The molecule has 0 radical (unpaired) electrons. The first-order valence-electron chi connectivity index (χ1n) is 6.83. The molecule has 0 atom stereocenters. The molecule has 7 heteroatoms. The van der Waals surface area contributed by atoms with E-state index in [2.05, 4.69) is 63.6 Å². The summed E-state index contributed by atoms with van der Waals surface area (Å²) in [5.74, 6) is 0.842. The van der Waals surface area contributed by atoms with E-state index in [9.17, 15) is 0 Å². The van der Waals surface area contributed by atoms with Crippen molar-refractivity contribution in [2.75, 3.05) is 6.54 Å². The fourth-order valence-electron chi connectivity index (χ4n) is 1.73. The molecular weight excluding hydrogens is 350 g/mol. The van der Waals surface area contributed by atoms with Crippen LogP contribution in [-0.2, 0) is 12.3 Å². The summed E-state index contributed by atoms with van der Waals surface area (Å²) in [4.78, 5) is 0. The van der Waals surface area contributed by atoms with E-state index in [1.807, 2.05) is 22.9 Å². The fourth-order valence-corrected chi connectivity index (χ4v) is 3.25. The second kappa shape index (κ2) is 7.38. The molecule has 5 nitrogen and oxygen atoms in total. The summed E-state index contributed by atoms with van der Waals surface area (Å²) in [6, 6.07) is 8.20. The quantitative estimate of drug-likeness (QED) is 0.792. The predicted octanol–water partition coefficient (Wildman–Crippen LogP) is 3.12. The third kappa shape index (κ3) is 5.41. The standard InChI is InChI=1S/C14H20BrN5S/c1-14(2,3)16-8-9-20-13(17-18-19-20)21-10-11-6-4-5-7-12(11)15/h4-7,16H,8-10H2,1-3H3. The van der Waals surface area contributed by atoms with Crippen molar-refractivity contribution in [3.05, 3.63) is 34.3 Å². The molecule has 0 saturated carbocycles. The van der Waals surface area contributed by atoms with Gasteiger partial charge in [-0.2, -0.15) is 0 Å². The van der Waals surface area contributed by atoms with Gasteiger partial charge in [0.05, 0.1) is 6.54 Å². The minimum atomic E-state index is 0.107. The van der Waals surface area contributed by atoms with E-state index in [1.165, 1.54) is 5.56 Å². The van der Waals surface area contributed by atoms with Crippen molar-refractivity contribution in [1.29, 1.82) is 0 Å². The molecule has 0 aliphatic heterocycles. The van der Waals surface area contributed by atoms with Gasteiger partial charge in [-0.15, -0.1) is 5.10 Å². The zero-order chi connectivity index (χ0) is 15.3. The van der Waals surface area contributed by atoms with Crippen molar-refractivity contribution >= 4 is 27.7 Å². The highest BCUT2D eigenvalue weighted by Crippen LogP contribution is 2.25. The van der Waals surface area contributed by atoms with Gasteiger partial charge in [0.25, 0.3) is 0 Å². The van der Waals surface area contributed by atoms with E-state index in [-0.39, 0.29) is 5.54 Å². The highest BCUT2D eigenvalue weighted by atomic mass is 79.9. The highest BCUT2D eigenvalue weighted by molar-refractivity contribution is 9.10. The number of hydrogen-bond acceptors (Lipinski definition) is 5. The Morgan fingerprint density at radius 2 is 2.05 bits per heavy atom. The first-order valence-corrected chi connectivity index (χ1v) is 8.61. The van der Waals surface area contributed by atoms with Crippen LogP contribution in [0.4, 0.5) is 0 Å². The van der Waals surface area contributed by atoms with Crippen LogP contribution in [0.2, 0.25) is 0 Å². The van der Waals surface area contributed by atoms with Crippen molar-refractivity contribution in [3.63, 3.8) is 0 Å². The van der Waals surface area contributed by atoms with Crippen LogP contribution >= 0.6 is 27.7 Å². The van der Waals surface area contributed by atoms with Gasteiger partial charge in [-0.05, 0) is 42.8 Å². The third-order valence-electron chi connectivity index (χ3n) is 2.79. The van der Waals surface area contributed by atoms with E-state index in [0.29, 0.717) is 0 Å². The number of thioether (sulfide) groups is 1. The van der Waals surface area contributed by atoms with Gasteiger partial charge < -0.3 is 5.32 Å². The van der Waals surface area contributed by atoms with Gasteiger partial charge in [-0.1, -0.05) is 45.9 Å². The minimum Gasteiger partial charge on any atom is -0.310 e. The maximum Gasteiger partial charge on any atom is 0.209 e. The smallest absolute Gasteiger partial charge is 0.209 e. The molecule has 1 N–H and O–H groups in total. The summed E-state index contributed by atoms with van der Waals surface area (Å²) in [5, 5.41) is 16.2. The average Bonchev–Trinajstić information content (AvgIpc) is 2.84. The molecule has 1 aromatic heterocycles. The lowest BCUT2D eigenvalue weighted by Crippen LogP contribution is -2.38. The van der Waals surface area contributed by atoms with Crippen LogP contribution in [-0.4, -0.2) is 32.3 Å². The van der Waals surface area contributed by atoms with Crippen LogP contribution in [0, 0.1) is 0 Å². The Morgan fingerprint density at radius 3 is 2.76 bits per heavy atom. The van der Waals surface area contributed by atoms with Crippen molar-refractivity contribution in [2.24, 2.45) is 0 Å². The number of aromatic nitrogens is 4. The van der Waals surface area contributed by atoms with E-state index >= 15 is 0 Å². The molecule has 0 amide bonds. The lowest BCUT2D eigenvalue weighted by molar-refractivity contribution is 0.396. The molecule has 0 bridgehead atoms. The molecule has 0 aliphatic rings. The van der Waals surface area contributed by atoms with Gasteiger partial charge in [-0.3, -0.25) is 0 Å². The number of nitrogens with one attached hydrogen (secondary N) is 1. The maximum atomic E-state index is 4.10. The first-order chi connectivity index (χ1) is 9.96. The number of rotatable bonds is 6. The molecule has 0 spiro atoms. The van der Waals surface area contributed by atoms with Crippen molar-refractivity contribution in [1.82, 2.24) is 25.5 Å². The minimum absolute atomic E-state index is 0.107. The van der Waals surface area contributed by atoms with Crippen molar-refractivity contribution in [2.45, 2.75) is 43.8 Å². The normalized spacial score (nSPS) is 11.8. The summed E-state index contributed by atoms with van der Waals surface area (Å²) in [6.45, 7) is 8.05. The molecule has 1 heterocycles. The summed E-state index contributed by atoms with van der Waals surface area (Å²) < 4.78 is 2.96. The molecule has 0 saturated heterocycles. The van der Waals surface area contributed by atoms with Crippen molar-refractivity contribution in [3.8, 4) is 0 Å². The molecule has 2 aromatic rings. The fraction of sp³-hybridized carbons (Fsp3) is 0.500. The van der Waals surface area contributed by atoms with Gasteiger partial charge in [0, 0.05) is 22.3 Å². The lowest BCUT2D eigenvalue weighted by Gasteiger charge is -2.20. The van der Waals surface area contributed by atoms with Crippen LogP contribution in [0.25, 0.3) is 0 Å². The molecule has 0 aliphatic carbocycles. The number of tetrazole rings is 1. The SMILES string of the molecule is CC(C)(C)NCCn1nnnc1SCc1ccccc1Br. The van der Waals surface area contributed by atoms with E-state index in [4.69, 9.17) is 0 Å². The number of benzene rings is 1. The van der Waals surface area contributed by atoms with Gasteiger partial charge in [-0.25, -0.2) is 4.68 Å². The summed E-state index contributed by atoms with van der Waals surface area (Å²) in [5.41, 5.74) is 1.35. The number of nitrogens with zero attached hydrogens (tertiary/aromatic N) is 4. The molecule has 2 rings (SSSR count). The average molecular weight is 370 g/mol. The van der Waals surface area contributed by atoms with Gasteiger partial charge in [0.2, 0.25) is 5.16 Å². The van der Waals surface area contributed by atoms with E-state index in [1.54, 1.807) is 11.8 Å². The Balaban J connectivity index is 1.90. The Labute approximate surface area is 138 Å². The maximum absolute atomic E-state index is 4.10. The Bertz CT molecular complexity index is 579. The van der Waals surface area contributed by atoms with E-state index < -0.39 is 0 Å². The number of halogens is 1. The van der Waals surface area contributed by atoms with Crippen LogP contribution in [0.15, 0.2) is 33.9 Å². The molecule has 1 aromatic carbocycles. The Hall–Kier alpha value is -0.920. The molecule has 0 unspecified atom stereocenters. The van der Waals surface area contributed by atoms with Crippen LogP contribution in [0.1, 0.15) is 26.3 Å². The second-order valence-electron chi connectivity index (χ2n) is 5.74. The van der Waals surface area contributed by atoms with Crippen molar-refractivity contribution < 1.29 is 0 Å². The molecular formula is C14H20BrN5S. The van der Waals surface area contributed by atoms with Crippen LogP contribution in [0.5, 0.6) is 0 Å². The Kier molecular flexibility index (Phi) is 5.78. The Morgan fingerprint density at radius 1 is 1.29 bits per heavy atom. The van der Waals surface area contributed by atoms with Crippen LogP contribution < -0.4 is 5.32 Å². The summed E-state index contributed by atoms with van der Waals surface area (Å²) in [6.07, 6.45) is 0. The zero-order valence-corrected chi connectivity index (χ0v) is 14.9. The monoisotopic (exact) mass is 369 g/mol. The first kappa shape index (κ1) is 16.5. The highest BCUT2D eigenvalue weighted by Gasteiger charge is 2.11. The topological polar surface area (TPSA) is 55.6 Å². The molecule has 0 fully saturated rings. The van der Waals surface area contributed by atoms with Gasteiger partial charge >= 0.3 is 0 Å². The van der Waals surface area contributed by atoms with Crippen LogP contribution in [0.3, 0.4) is 0 Å². The van der Waals surface area contributed by atoms with E-state index in [0.717, 1.165) is 28.5 Å². The molecule has 114 valence electrons. The third-order valence-corrected chi connectivity index (χ3v) is 4.57. The number of hydrogen-bond donors (Lipinski definition) is 1.